The molecule has 144 valence electrons. The molecule has 0 saturated carbocycles. The molecule has 0 aliphatic carbocycles. The van der Waals surface area contributed by atoms with E-state index in [1.165, 1.54) is 25.1 Å². The zero-order valence-electron chi connectivity index (χ0n) is 14.5. The minimum absolute atomic E-state index is 0.0172. The monoisotopic (exact) mass is 419 g/mol. The molecular formula is C18H14ClN3O5S. The largest absolute Gasteiger partial charge is 0.349 e. The molecule has 28 heavy (non-hydrogen) atoms. The minimum atomic E-state index is -3.76. The van der Waals surface area contributed by atoms with Crippen molar-refractivity contribution in [1.29, 1.82) is 0 Å². The van der Waals surface area contributed by atoms with E-state index < -0.39 is 14.9 Å². The second-order valence-electron chi connectivity index (χ2n) is 5.75. The van der Waals surface area contributed by atoms with Crippen molar-refractivity contribution < 1.29 is 17.9 Å². The summed E-state index contributed by atoms with van der Waals surface area (Å²) in [7, 11) is -3.76. The van der Waals surface area contributed by atoms with Crippen LogP contribution in [0.25, 0.3) is 12.2 Å². The number of sulfonamides is 1. The van der Waals surface area contributed by atoms with Crippen LogP contribution < -0.4 is 4.72 Å². The molecule has 0 atom stereocenters. The van der Waals surface area contributed by atoms with E-state index in [2.05, 4.69) is 9.88 Å². The number of rotatable bonds is 6. The van der Waals surface area contributed by atoms with Crippen LogP contribution in [0.3, 0.4) is 0 Å². The van der Waals surface area contributed by atoms with Gasteiger partial charge in [-0.15, -0.1) is 0 Å². The molecule has 1 N–H and O–H groups in total. The molecule has 0 aliphatic heterocycles. The Morgan fingerprint density at radius 2 is 1.75 bits per heavy atom. The molecule has 3 rings (SSSR count). The van der Waals surface area contributed by atoms with Crippen LogP contribution >= 0.6 is 11.6 Å². The van der Waals surface area contributed by atoms with E-state index in [1.54, 1.807) is 42.5 Å². The van der Waals surface area contributed by atoms with Crippen LogP contribution in [0.1, 0.15) is 17.0 Å². The molecule has 0 aliphatic rings. The lowest BCUT2D eigenvalue weighted by Gasteiger charge is -2.08. The third-order valence-corrected chi connectivity index (χ3v) is 5.40. The topological polar surface area (TPSA) is 115 Å². The van der Waals surface area contributed by atoms with Crippen molar-refractivity contribution in [2.24, 2.45) is 0 Å². The SMILES string of the molecule is Cc1noc(C=Cc2ccc(S(=O)(=O)Nc3ccc(Cl)cc3)cc2)c1[N+](=O)[O-]. The van der Waals surface area contributed by atoms with Gasteiger partial charge in [-0.05, 0) is 55.0 Å². The van der Waals surface area contributed by atoms with E-state index in [-0.39, 0.29) is 22.0 Å². The average Bonchev–Trinajstić information content (AvgIpc) is 3.03. The van der Waals surface area contributed by atoms with Crippen LogP contribution in [0.15, 0.2) is 57.9 Å². The van der Waals surface area contributed by atoms with Crippen molar-refractivity contribution in [2.75, 3.05) is 4.72 Å². The minimum Gasteiger partial charge on any atom is -0.349 e. The number of benzene rings is 2. The first-order valence-corrected chi connectivity index (χ1v) is 9.79. The predicted octanol–water partition coefficient (Wildman–Crippen LogP) is 4.52. The molecule has 0 saturated heterocycles. The molecule has 1 aromatic heterocycles. The standard InChI is InChI=1S/C18H14ClN3O5S/c1-12-18(22(23)24)17(27-20-12)11-4-13-2-9-16(10-3-13)28(25,26)21-15-7-5-14(19)6-8-15/h2-11,21H,1H3. The van der Waals surface area contributed by atoms with Gasteiger partial charge in [-0.1, -0.05) is 35.0 Å². The van der Waals surface area contributed by atoms with E-state index in [0.29, 0.717) is 16.3 Å². The van der Waals surface area contributed by atoms with Gasteiger partial charge in [0, 0.05) is 10.7 Å². The van der Waals surface area contributed by atoms with Gasteiger partial charge in [0.25, 0.3) is 10.0 Å². The number of nitrogens with zero attached hydrogens (tertiary/aromatic N) is 2. The first-order valence-electron chi connectivity index (χ1n) is 7.93. The van der Waals surface area contributed by atoms with Gasteiger partial charge in [0.15, 0.2) is 5.69 Å². The van der Waals surface area contributed by atoms with Crippen molar-refractivity contribution in [3.63, 3.8) is 0 Å². The maximum absolute atomic E-state index is 12.4. The highest BCUT2D eigenvalue weighted by Crippen LogP contribution is 2.25. The first kappa shape index (κ1) is 19.6. The van der Waals surface area contributed by atoms with E-state index in [4.69, 9.17) is 16.1 Å². The van der Waals surface area contributed by atoms with E-state index in [9.17, 15) is 18.5 Å². The predicted molar refractivity (Wildman–Crippen MR) is 106 cm³/mol. The average molecular weight is 420 g/mol. The summed E-state index contributed by atoms with van der Waals surface area (Å²) < 4.78 is 32.3. The van der Waals surface area contributed by atoms with Gasteiger partial charge < -0.3 is 4.52 Å². The summed E-state index contributed by atoms with van der Waals surface area (Å²) in [5, 5.41) is 15.1. The molecule has 0 spiro atoms. The van der Waals surface area contributed by atoms with Crippen LogP contribution in [0.4, 0.5) is 11.4 Å². The lowest BCUT2D eigenvalue weighted by atomic mass is 10.2. The summed E-state index contributed by atoms with van der Waals surface area (Å²) in [5.41, 5.74) is 0.997. The Kier molecular flexibility index (Phi) is 5.48. The molecule has 8 nitrogen and oxygen atoms in total. The maximum atomic E-state index is 12.4. The van der Waals surface area contributed by atoms with Gasteiger partial charge in [0.2, 0.25) is 5.76 Å². The Hall–Kier alpha value is -3.17. The summed E-state index contributed by atoms with van der Waals surface area (Å²) >= 11 is 5.79. The van der Waals surface area contributed by atoms with Crippen molar-refractivity contribution >= 4 is 45.2 Å². The molecule has 0 amide bonds. The van der Waals surface area contributed by atoms with E-state index >= 15 is 0 Å². The fraction of sp³-hybridized carbons (Fsp3) is 0.0556. The lowest BCUT2D eigenvalue weighted by Crippen LogP contribution is -2.12. The highest BCUT2D eigenvalue weighted by atomic mass is 35.5. The van der Waals surface area contributed by atoms with E-state index in [1.807, 2.05) is 0 Å². The maximum Gasteiger partial charge on any atom is 0.338 e. The Morgan fingerprint density at radius 3 is 2.36 bits per heavy atom. The Morgan fingerprint density at radius 1 is 1.11 bits per heavy atom. The molecule has 0 radical (unpaired) electrons. The summed E-state index contributed by atoms with van der Waals surface area (Å²) in [6.07, 6.45) is 2.98. The van der Waals surface area contributed by atoms with Gasteiger partial charge in [-0.25, -0.2) is 8.42 Å². The second kappa shape index (κ2) is 7.83. The van der Waals surface area contributed by atoms with Crippen molar-refractivity contribution in [3.8, 4) is 0 Å². The summed E-state index contributed by atoms with van der Waals surface area (Å²) in [6.45, 7) is 1.48. The Balaban J connectivity index is 1.78. The van der Waals surface area contributed by atoms with Crippen LogP contribution in [-0.2, 0) is 10.0 Å². The van der Waals surface area contributed by atoms with Crippen molar-refractivity contribution in [3.05, 3.63) is 80.7 Å². The molecule has 2 aromatic carbocycles. The number of anilines is 1. The number of halogens is 1. The summed E-state index contributed by atoms with van der Waals surface area (Å²) in [5.74, 6) is 0.0172. The number of aryl methyl sites for hydroxylation is 1. The van der Waals surface area contributed by atoms with Gasteiger partial charge in [0.1, 0.15) is 0 Å². The normalized spacial score (nSPS) is 11.6. The number of hydrogen-bond donors (Lipinski definition) is 1. The molecule has 0 bridgehead atoms. The molecule has 3 aromatic rings. The molecule has 1 heterocycles. The lowest BCUT2D eigenvalue weighted by molar-refractivity contribution is -0.386. The molecular weight excluding hydrogens is 406 g/mol. The summed E-state index contributed by atoms with van der Waals surface area (Å²) in [4.78, 5) is 10.5. The molecule has 0 fully saturated rings. The highest BCUT2D eigenvalue weighted by molar-refractivity contribution is 7.92. The second-order valence-corrected chi connectivity index (χ2v) is 7.87. The van der Waals surface area contributed by atoms with E-state index in [0.717, 1.165) is 0 Å². The first-order chi connectivity index (χ1) is 13.3. The zero-order chi connectivity index (χ0) is 20.3. The van der Waals surface area contributed by atoms with Gasteiger partial charge in [-0.3, -0.25) is 14.8 Å². The fourth-order valence-corrected chi connectivity index (χ4v) is 3.56. The fourth-order valence-electron chi connectivity index (χ4n) is 2.38. The van der Waals surface area contributed by atoms with Crippen LogP contribution in [0.2, 0.25) is 5.02 Å². The Labute approximate surface area is 165 Å². The van der Waals surface area contributed by atoms with Gasteiger partial charge >= 0.3 is 5.69 Å². The summed E-state index contributed by atoms with van der Waals surface area (Å²) in [6, 6.07) is 12.3. The van der Waals surface area contributed by atoms with Gasteiger partial charge in [-0.2, -0.15) is 0 Å². The number of hydrogen-bond acceptors (Lipinski definition) is 6. The molecule has 10 heteroatoms. The van der Waals surface area contributed by atoms with Gasteiger partial charge in [0.05, 0.1) is 9.82 Å². The van der Waals surface area contributed by atoms with Crippen LogP contribution in [-0.4, -0.2) is 18.5 Å². The number of nitrogens with one attached hydrogen (secondary N) is 1. The molecule has 0 unspecified atom stereocenters. The van der Waals surface area contributed by atoms with Crippen LogP contribution in [0, 0.1) is 17.0 Å². The third-order valence-electron chi connectivity index (χ3n) is 3.75. The highest BCUT2D eigenvalue weighted by Gasteiger charge is 2.22. The van der Waals surface area contributed by atoms with Crippen molar-refractivity contribution in [1.82, 2.24) is 5.16 Å². The Bertz CT molecular complexity index is 1140. The number of nitro groups is 1. The van der Waals surface area contributed by atoms with Crippen LogP contribution in [0.5, 0.6) is 0 Å². The quantitative estimate of drug-likeness (QED) is 0.464. The van der Waals surface area contributed by atoms with Crippen molar-refractivity contribution in [2.45, 2.75) is 11.8 Å². The number of aromatic nitrogens is 1. The zero-order valence-corrected chi connectivity index (χ0v) is 16.1. The third kappa shape index (κ3) is 4.38. The smallest absolute Gasteiger partial charge is 0.338 e.